The number of benzene rings is 1. The molecule has 0 aliphatic rings. The molecule has 0 amide bonds. The number of ether oxygens (including phenoxy) is 1. The van der Waals surface area contributed by atoms with Crippen LogP contribution in [0.5, 0.6) is 0 Å². The zero-order valence-corrected chi connectivity index (χ0v) is 13.8. The van der Waals surface area contributed by atoms with Gasteiger partial charge < -0.3 is 10.1 Å². The van der Waals surface area contributed by atoms with E-state index in [2.05, 4.69) is 21.5 Å². The van der Waals surface area contributed by atoms with Gasteiger partial charge in [0.05, 0.1) is 18.9 Å². The van der Waals surface area contributed by atoms with E-state index in [0.717, 1.165) is 0 Å². The Hall–Kier alpha value is -3.05. The molecule has 3 rings (SSSR count). The molecule has 2 heterocycles. The monoisotopic (exact) mass is 339 g/mol. The van der Waals surface area contributed by atoms with Crippen molar-refractivity contribution in [2.45, 2.75) is 5.03 Å². The second kappa shape index (κ2) is 6.60. The third-order valence-corrected chi connectivity index (χ3v) is 4.03. The number of aromatic nitrogens is 3. The van der Waals surface area contributed by atoms with Crippen LogP contribution in [-0.2, 0) is 4.74 Å². The number of anilines is 2. The van der Waals surface area contributed by atoms with Gasteiger partial charge in [-0.05, 0) is 24.5 Å². The minimum atomic E-state index is -0.428. The molecule has 0 saturated heterocycles. The first-order valence-electron chi connectivity index (χ1n) is 6.95. The predicted octanol–water partition coefficient (Wildman–Crippen LogP) is 2.85. The summed E-state index contributed by atoms with van der Waals surface area (Å²) in [5.41, 5.74) is 2.08. The smallest absolute Gasteiger partial charge is 0.337 e. The molecular formula is C16H13N5O2S. The van der Waals surface area contributed by atoms with Gasteiger partial charge in [0.25, 0.3) is 0 Å². The molecule has 0 aliphatic carbocycles. The first-order valence-corrected chi connectivity index (χ1v) is 8.17. The molecule has 24 heavy (non-hydrogen) atoms. The topological polar surface area (TPSA) is 92.3 Å². The van der Waals surface area contributed by atoms with E-state index >= 15 is 0 Å². The van der Waals surface area contributed by atoms with Crippen LogP contribution in [0.4, 0.5) is 11.5 Å². The molecule has 8 heteroatoms. The third-order valence-electron chi connectivity index (χ3n) is 3.35. The van der Waals surface area contributed by atoms with Crippen LogP contribution < -0.4 is 5.32 Å². The molecule has 120 valence electrons. The molecule has 0 spiro atoms. The van der Waals surface area contributed by atoms with Crippen molar-refractivity contribution in [2.24, 2.45) is 0 Å². The number of rotatable bonds is 4. The predicted molar refractivity (Wildman–Crippen MR) is 90.5 cm³/mol. The Labute approximate surface area is 142 Å². The maximum Gasteiger partial charge on any atom is 0.337 e. The Morgan fingerprint density at radius 1 is 1.42 bits per heavy atom. The van der Waals surface area contributed by atoms with Crippen molar-refractivity contribution in [3.63, 3.8) is 0 Å². The highest BCUT2D eigenvalue weighted by molar-refractivity contribution is 7.98. The fraction of sp³-hybridized carbons (Fsp3) is 0.125. The lowest BCUT2D eigenvalue weighted by Crippen LogP contribution is -2.07. The van der Waals surface area contributed by atoms with Crippen molar-refractivity contribution < 1.29 is 9.53 Å². The van der Waals surface area contributed by atoms with Crippen LogP contribution in [0, 0.1) is 11.3 Å². The fourth-order valence-electron chi connectivity index (χ4n) is 2.26. The van der Waals surface area contributed by atoms with E-state index in [1.165, 1.54) is 18.9 Å². The quantitative estimate of drug-likeness (QED) is 0.444. The molecule has 0 saturated carbocycles. The summed E-state index contributed by atoms with van der Waals surface area (Å²) in [6.07, 6.45) is 3.47. The summed E-state index contributed by atoms with van der Waals surface area (Å²) < 4.78 is 6.29. The number of hydrogen-bond donors (Lipinski definition) is 1. The summed E-state index contributed by atoms with van der Waals surface area (Å²) in [6.45, 7) is 0. The highest BCUT2D eigenvalue weighted by atomic mass is 32.2. The van der Waals surface area contributed by atoms with Crippen LogP contribution in [0.15, 0.2) is 41.6 Å². The molecular weight excluding hydrogens is 326 g/mol. The summed E-state index contributed by atoms with van der Waals surface area (Å²) in [6, 6.07) is 10.8. The summed E-state index contributed by atoms with van der Waals surface area (Å²) in [5, 5.41) is 17.5. The van der Waals surface area contributed by atoms with Crippen molar-refractivity contribution in [1.29, 1.82) is 5.26 Å². The molecule has 1 aromatic carbocycles. The molecule has 0 fully saturated rings. The lowest BCUT2D eigenvalue weighted by molar-refractivity contribution is 0.0601. The number of carbonyl (C=O) groups is 1. The Kier molecular flexibility index (Phi) is 4.35. The van der Waals surface area contributed by atoms with E-state index in [0.29, 0.717) is 33.3 Å². The van der Waals surface area contributed by atoms with Crippen LogP contribution in [0.2, 0.25) is 0 Å². The highest BCUT2D eigenvalue weighted by Crippen LogP contribution is 2.28. The number of fused-ring (bicyclic) bond motifs is 1. The van der Waals surface area contributed by atoms with Gasteiger partial charge in [0.15, 0.2) is 11.5 Å². The molecule has 0 atom stereocenters. The number of esters is 1. The Morgan fingerprint density at radius 3 is 2.96 bits per heavy atom. The standard InChI is InChI=1S/C16H13N5O2S/c1-23-16(22)10-4-3-5-11(8-10)19-14-12(9-17)15(24-2)20-13-6-7-18-21(13)14/h3-8,19H,1-2H3. The fourth-order valence-corrected chi connectivity index (χ4v) is 2.79. The Morgan fingerprint density at radius 2 is 2.25 bits per heavy atom. The van der Waals surface area contributed by atoms with Crippen LogP contribution in [0.25, 0.3) is 5.65 Å². The maximum atomic E-state index is 11.7. The number of hydrogen-bond acceptors (Lipinski definition) is 7. The van der Waals surface area contributed by atoms with E-state index in [1.54, 1.807) is 41.0 Å². The summed E-state index contributed by atoms with van der Waals surface area (Å²) in [4.78, 5) is 16.1. The van der Waals surface area contributed by atoms with Crippen LogP contribution in [0.3, 0.4) is 0 Å². The molecule has 0 bridgehead atoms. The first kappa shape index (κ1) is 15.8. The van der Waals surface area contributed by atoms with Crippen LogP contribution in [0.1, 0.15) is 15.9 Å². The number of carbonyl (C=O) groups excluding carboxylic acids is 1. The minimum Gasteiger partial charge on any atom is -0.465 e. The normalized spacial score (nSPS) is 10.4. The second-order valence-corrected chi connectivity index (χ2v) is 5.55. The average molecular weight is 339 g/mol. The van der Waals surface area contributed by atoms with E-state index in [9.17, 15) is 10.1 Å². The second-order valence-electron chi connectivity index (χ2n) is 4.76. The van der Waals surface area contributed by atoms with Gasteiger partial charge in [-0.2, -0.15) is 14.9 Å². The zero-order chi connectivity index (χ0) is 17.1. The SMILES string of the molecule is COC(=O)c1cccc(Nc2c(C#N)c(SC)nc3ccnn23)c1. The summed E-state index contributed by atoms with van der Waals surface area (Å²) in [5.74, 6) is 0.0711. The number of nitriles is 1. The van der Waals surface area contributed by atoms with Gasteiger partial charge in [0, 0.05) is 11.8 Å². The van der Waals surface area contributed by atoms with Crippen molar-refractivity contribution in [1.82, 2.24) is 14.6 Å². The van der Waals surface area contributed by atoms with Gasteiger partial charge in [-0.3, -0.25) is 0 Å². The van der Waals surface area contributed by atoms with Gasteiger partial charge in [-0.25, -0.2) is 9.78 Å². The van der Waals surface area contributed by atoms with Gasteiger partial charge in [0.2, 0.25) is 0 Å². The lowest BCUT2D eigenvalue weighted by atomic mass is 10.2. The Bertz CT molecular complexity index is 961. The zero-order valence-electron chi connectivity index (χ0n) is 13.0. The molecule has 0 unspecified atom stereocenters. The largest absolute Gasteiger partial charge is 0.465 e. The third kappa shape index (κ3) is 2.77. The molecule has 0 radical (unpaired) electrons. The lowest BCUT2D eigenvalue weighted by Gasteiger charge is -2.13. The number of thioether (sulfide) groups is 1. The molecule has 0 aliphatic heterocycles. The van der Waals surface area contributed by atoms with Crippen molar-refractivity contribution in [3.05, 3.63) is 47.7 Å². The van der Waals surface area contributed by atoms with Crippen molar-refractivity contribution in [3.8, 4) is 6.07 Å². The van der Waals surface area contributed by atoms with Gasteiger partial charge >= 0.3 is 5.97 Å². The van der Waals surface area contributed by atoms with Crippen molar-refractivity contribution >= 4 is 34.9 Å². The molecule has 3 aromatic rings. The molecule has 7 nitrogen and oxygen atoms in total. The van der Waals surface area contributed by atoms with E-state index in [-0.39, 0.29) is 0 Å². The number of methoxy groups -OCH3 is 1. The summed E-state index contributed by atoms with van der Waals surface area (Å²) in [7, 11) is 1.33. The molecule has 1 N–H and O–H groups in total. The number of nitrogens with one attached hydrogen (secondary N) is 1. The van der Waals surface area contributed by atoms with E-state index < -0.39 is 5.97 Å². The average Bonchev–Trinajstić information content (AvgIpc) is 3.09. The van der Waals surface area contributed by atoms with Crippen LogP contribution >= 0.6 is 11.8 Å². The molecule has 2 aromatic heterocycles. The van der Waals surface area contributed by atoms with E-state index in [4.69, 9.17) is 4.74 Å². The Balaban J connectivity index is 2.12. The maximum absolute atomic E-state index is 11.7. The van der Waals surface area contributed by atoms with Gasteiger partial charge in [0.1, 0.15) is 16.7 Å². The highest BCUT2D eigenvalue weighted by Gasteiger charge is 2.16. The summed E-state index contributed by atoms with van der Waals surface area (Å²) >= 11 is 1.39. The minimum absolute atomic E-state index is 0.391. The van der Waals surface area contributed by atoms with Crippen molar-refractivity contribution in [2.75, 3.05) is 18.7 Å². The van der Waals surface area contributed by atoms with Crippen LogP contribution in [-0.4, -0.2) is 33.9 Å². The van der Waals surface area contributed by atoms with Gasteiger partial charge in [-0.15, -0.1) is 11.8 Å². The van der Waals surface area contributed by atoms with E-state index in [1.807, 2.05) is 6.26 Å². The first-order chi connectivity index (χ1) is 11.7. The number of nitrogens with zero attached hydrogens (tertiary/aromatic N) is 4. The van der Waals surface area contributed by atoms with Gasteiger partial charge in [-0.1, -0.05) is 6.07 Å².